The number of fused-ring (bicyclic) bond motifs is 2. The minimum Gasteiger partial charge on any atom is -0.495 e. The molecule has 7 heteroatoms. The van der Waals surface area contributed by atoms with E-state index < -0.39 is 0 Å². The summed E-state index contributed by atoms with van der Waals surface area (Å²) >= 11 is 0. The molecular formula is C17H14N4O3. The van der Waals surface area contributed by atoms with E-state index in [-0.39, 0.29) is 11.7 Å². The van der Waals surface area contributed by atoms with E-state index in [0.717, 1.165) is 11.1 Å². The first-order valence-corrected chi connectivity index (χ1v) is 7.53. The van der Waals surface area contributed by atoms with Crippen molar-refractivity contribution in [3.05, 3.63) is 47.0 Å². The van der Waals surface area contributed by atoms with Crippen LogP contribution >= 0.6 is 0 Å². The maximum absolute atomic E-state index is 11.8. The Labute approximate surface area is 137 Å². The topological polar surface area (TPSA) is 85.1 Å². The fourth-order valence-electron chi connectivity index (χ4n) is 3.11. The predicted octanol–water partition coefficient (Wildman–Crippen LogP) is 3.29. The highest BCUT2D eigenvalue weighted by Gasteiger charge is 2.25. The predicted molar refractivity (Wildman–Crippen MR) is 89.6 cm³/mol. The summed E-state index contributed by atoms with van der Waals surface area (Å²) in [5, 5.41) is 6.03. The van der Waals surface area contributed by atoms with Crippen LogP contribution in [-0.4, -0.2) is 22.4 Å². The number of benzene rings is 1. The number of rotatable bonds is 3. The average molecular weight is 322 g/mol. The van der Waals surface area contributed by atoms with E-state index in [1.807, 2.05) is 24.3 Å². The fraction of sp³-hybridized carbons (Fsp3) is 0.176. The Morgan fingerprint density at radius 3 is 2.92 bits per heavy atom. The molecule has 0 bridgehead atoms. The number of methoxy groups -OCH3 is 1. The molecule has 0 aliphatic carbocycles. The number of nitrogens with zero attached hydrogens (tertiary/aromatic N) is 3. The molecule has 2 aromatic heterocycles. The van der Waals surface area contributed by atoms with Crippen molar-refractivity contribution in [3.8, 4) is 17.0 Å². The van der Waals surface area contributed by atoms with Gasteiger partial charge in [0.2, 0.25) is 11.7 Å². The number of carbonyl (C=O) groups is 1. The van der Waals surface area contributed by atoms with E-state index in [0.29, 0.717) is 35.6 Å². The lowest BCUT2D eigenvalue weighted by atomic mass is 9.94. The van der Waals surface area contributed by atoms with E-state index >= 15 is 0 Å². The van der Waals surface area contributed by atoms with Crippen LogP contribution in [0.5, 0.6) is 5.75 Å². The van der Waals surface area contributed by atoms with Crippen LogP contribution in [0.3, 0.4) is 0 Å². The Hall–Kier alpha value is -3.22. The van der Waals surface area contributed by atoms with Crippen molar-refractivity contribution in [1.29, 1.82) is 0 Å². The largest absolute Gasteiger partial charge is 0.495 e. The molecule has 1 aliphatic rings. The first-order chi connectivity index (χ1) is 11.7. The number of carbonyl (C=O) groups excluding carboxylic acids is 1. The summed E-state index contributed by atoms with van der Waals surface area (Å²) < 4.78 is 6.99. The third-order valence-electron chi connectivity index (χ3n) is 4.21. The lowest BCUT2D eigenvalue weighted by molar-refractivity contribution is -0.116. The third-order valence-corrected chi connectivity index (χ3v) is 4.21. The van der Waals surface area contributed by atoms with Crippen LogP contribution < -0.4 is 10.1 Å². The van der Waals surface area contributed by atoms with Crippen molar-refractivity contribution in [2.45, 2.75) is 12.8 Å². The van der Waals surface area contributed by atoms with Crippen molar-refractivity contribution in [2.24, 2.45) is 5.18 Å². The molecule has 1 aliphatic heterocycles. The fourth-order valence-corrected chi connectivity index (χ4v) is 3.11. The van der Waals surface area contributed by atoms with E-state index in [1.54, 1.807) is 23.8 Å². The molecule has 3 aromatic rings. The van der Waals surface area contributed by atoms with E-state index in [1.165, 1.54) is 0 Å². The van der Waals surface area contributed by atoms with Crippen molar-refractivity contribution in [3.63, 3.8) is 0 Å². The quantitative estimate of drug-likeness (QED) is 0.750. The highest BCUT2D eigenvalue weighted by Crippen LogP contribution is 2.41. The van der Waals surface area contributed by atoms with Crippen LogP contribution in [0.15, 0.2) is 41.7 Å². The molecule has 1 amide bonds. The van der Waals surface area contributed by atoms with Gasteiger partial charge in [-0.2, -0.15) is 0 Å². The molecule has 0 atom stereocenters. The molecule has 4 rings (SSSR count). The SMILES string of the molecule is COc1ccc(-c2nc3ccccn3c2N=O)c2c1NC(=O)CC2. The maximum Gasteiger partial charge on any atom is 0.224 e. The van der Waals surface area contributed by atoms with Gasteiger partial charge in [0.1, 0.15) is 17.1 Å². The summed E-state index contributed by atoms with van der Waals surface area (Å²) in [6.07, 6.45) is 2.69. The number of pyridine rings is 1. The highest BCUT2D eigenvalue weighted by molar-refractivity contribution is 5.98. The van der Waals surface area contributed by atoms with Gasteiger partial charge in [0.25, 0.3) is 0 Å². The van der Waals surface area contributed by atoms with Crippen molar-refractivity contribution < 1.29 is 9.53 Å². The molecule has 0 saturated heterocycles. The Balaban J connectivity index is 2.00. The Morgan fingerprint density at radius 2 is 2.12 bits per heavy atom. The van der Waals surface area contributed by atoms with Gasteiger partial charge in [-0.05, 0) is 41.4 Å². The normalized spacial score (nSPS) is 13.5. The Morgan fingerprint density at radius 1 is 1.25 bits per heavy atom. The number of aromatic nitrogens is 2. The van der Waals surface area contributed by atoms with Gasteiger partial charge in [0.05, 0.1) is 12.8 Å². The molecule has 3 heterocycles. The lowest BCUT2D eigenvalue weighted by Gasteiger charge is -2.21. The van der Waals surface area contributed by atoms with Crippen molar-refractivity contribution in [2.75, 3.05) is 12.4 Å². The van der Waals surface area contributed by atoms with Crippen LogP contribution in [0.1, 0.15) is 12.0 Å². The number of nitrogens with one attached hydrogen (secondary N) is 1. The third kappa shape index (κ3) is 2.05. The van der Waals surface area contributed by atoms with Crippen LogP contribution in [0.2, 0.25) is 0 Å². The first kappa shape index (κ1) is 14.4. The second-order valence-corrected chi connectivity index (χ2v) is 5.52. The molecule has 0 saturated carbocycles. The summed E-state index contributed by atoms with van der Waals surface area (Å²) in [7, 11) is 1.55. The maximum atomic E-state index is 11.8. The molecule has 120 valence electrons. The van der Waals surface area contributed by atoms with Gasteiger partial charge in [-0.1, -0.05) is 6.07 Å². The molecule has 1 N–H and O–H groups in total. The smallest absolute Gasteiger partial charge is 0.224 e. The number of hydrogen-bond donors (Lipinski definition) is 1. The van der Waals surface area contributed by atoms with Gasteiger partial charge in [-0.3, -0.25) is 9.20 Å². The molecule has 1 aromatic carbocycles. The summed E-state index contributed by atoms with van der Waals surface area (Å²) in [6.45, 7) is 0. The number of amides is 1. The first-order valence-electron chi connectivity index (χ1n) is 7.53. The van der Waals surface area contributed by atoms with E-state index in [4.69, 9.17) is 4.74 Å². The zero-order chi connectivity index (χ0) is 16.7. The van der Waals surface area contributed by atoms with Crippen LogP contribution in [0.4, 0.5) is 11.5 Å². The molecule has 0 spiro atoms. The number of ether oxygens (including phenoxy) is 1. The van der Waals surface area contributed by atoms with Crippen LogP contribution in [0, 0.1) is 4.91 Å². The molecule has 0 unspecified atom stereocenters. The van der Waals surface area contributed by atoms with Gasteiger partial charge in [-0.25, -0.2) is 4.98 Å². The second kappa shape index (κ2) is 5.45. The zero-order valence-electron chi connectivity index (χ0n) is 12.9. The second-order valence-electron chi connectivity index (χ2n) is 5.52. The molecule has 0 fully saturated rings. The number of nitroso groups, excluding NO2 is 1. The summed E-state index contributed by atoms with van der Waals surface area (Å²) in [5.74, 6) is 0.780. The van der Waals surface area contributed by atoms with Crippen LogP contribution in [-0.2, 0) is 11.2 Å². The number of hydrogen-bond acceptors (Lipinski definition) is 5. The monoisotopic (exact) mass is 322 g/mol. The number of imidazole rings is 1. The number of anilines is 1. The Kier molecular flexibility index (Phi) is 3.26. The molecule has 24 heavy (non-hydrogen) atoms. The lowest BCUT2D eigenvalue weighted by Crippen LogP contribution is -2.20. The zero-order valence-corrected chi connectivity index (χ0v) is 12.9. The standard InChI is InChI=1S/C17H14N4O3/c1-24-12-7-5-11(10-6-8-14(22)19-15(10)12)16-17(20-23)21-9-3-2-4-13(21)18-16/h2-5,7,9H,6,8H2,1H3,(H,19,22). The summed E-state index contributed by atoms with van der Waals surface area (Å²) in [5.41, 5.74) is 3.48. The van der Waals surface area contributed by atoms with Gasteiger partial charge in [0.15, 0.2) is 0 Å². The van der Waals surface area contributed by atoms with Gasteiger partial charge < -0.3 is 10.1 Å². The van der Waals surface area contributed by atoms with Gasteiger partial charge in [-0.15, -0.1) is 4.91 Å². The van der Waals surface area contributed by atoms with E-state index in [2.05, 4.69) is 15.5 Å². The van der Waals surface area contributed by atoms with Crippen molar-refractivity contribution >= 4 is 23.1 Å². The highest BCUT2D eigenvalue weighted by atomic mass is 16.5. The molecular weight excluding hydrogens is 308 g/mol. The van der Waals surface area contributed by atoms with E-state index in [9.17, 15) is 9.70 Å². The summed E-state index contributed by atoms with van der Waals surface area (Å²) in [4.78, 5) is 27.7. The van der Waals surface area contributed by atoms with Gasteiger partial charge >= 0.3 is 0 Å². The Bertz CT molecular complexity index is 977. The van der Waals surface area contributed by atoms with Crippen LogP contribution in [0.25, 0.3) is 16.9 Å². The molecule has 0 radical (unpaired) electrons. The minimum atomic E-state index is -0.0540. The molecule has 7 nitrogen and oxygen atoms in total. The average Bonchev–Trinajstić information content (AvgIpc) is 2.98. The van der Waals surface area contributed by atoms with Gasteiger partial charge in [0, 0.05) is 18.2 Å². The summed E-state index contributed by atoms with van der Waals surface area (Å²) in [6, 6.07) is 9.10. The van der Waals surface area contributed by atoms with Crippen molar-refractivity contribution in [1.82, 2.24) is 9.38 Å². The minimum absolute atomic E-state index is 0.0540.